The van der Waals surface area contributed by atoms with Gasteiger partial charge in [-0.05, 0) is 25.7 Å². The zero-order valence-electron chi connectivity index (χ0n) is 10.3. The van der Waals surface area contributed by atoms with Gasteiger partial charge < -0.3 is 10.4 Å². The van der Waals surface area contributed by atoms with Gasteiger partial charge in [0, 0.05) is 12.6 Å². The first-order chi connectivity index (χ1) is 8.08. The lowest BCUT2D eigenvalue weighted by atomic mass is 10.0. The van der Waals surface area contributed by atoms with Crippen LogP contribution in [0.1, 0.15) is 44.9 Å². The molecule has 100 valence electrons. The van der Waals surface area contributed by atoms with Crippen LogP contribution >= 0.6 is 0 Å². The Hall–Kier alpha value is -0.130. The summed E-state index contributed by atoms with van der Waals surface area (Å²) in [7, 11) is -3.10. The number of sulfone groups is 1. The highest BCUT2D eigenvalue weighted by atomic mass is 32.2. The van der Waals surface area contributed by atoms with Gasteiger partial charge in [0.1, 0.15) is 0 Å². The van der Waals surface area contributed by atoms with Crippen LogP contribution in [0.25, 0.3) is 0 Å². The van der Waals surface area contributed by atoms with Crippen LogP contribution in [-0.4, -0.2) is 43.2 Å². The molecule has 0 aromatic carbocycles. The molecule has 17 heavy (non-hydrogen) atoms. The van der Waals surface area contributed by atoms with E-state index in [0.29, 0.717) is 12.6 Å². The SMILES string of the molecule is O=S(=O)(CC(O)CNC1CC1)C1CCCCC1. The second kappa shape index (κ2) is 5.67. The number of aliphatic hydroxyl groups is 1. The molecule has 5 heteroatoms. The fourth-order valence-electron chi connectivity index (χ4n) is 2.48. The van der Waals surface area contributed by atoms with Gasteiger partial charge in [0.2, 0.25) is 0 Å². The van der Waals surface area contributed by atoms with E-state index in [-0.39, 0.29) is 11.0 Å². The minimum absolute atomic E-state index is 0.0720. The molecule has 0 aliphatic heterocycles. The molecule has 2 rings (SSSR count). The number of hydrogen-bond acceptors (Lipinski definition) is 4. The summed E-state index contributed by atoms with van der Waals surface area (Å²) in [5.41, 5.74) is 0. The zero-order chi connectivity index (χ0) is 12.3. The highest BCUT2D eigenvalue weighted by Gasteiger charge is 2.30. The normalized spacial score (nSPS) is 24.8. The van der Waals surface area contributed by atoms with Gasteiger partial charge in [-0.15, -0.1) is 0 Å². The molecule has 0 bridgehead atoms. The Kier molecular flexibility index (Phi) is 4.44. The third-order valence-corrected chi connectivity index (χ3v) is 6.04. The van der Waals surface area contributed by atoms with Crippen LogP contribution in [0.15, 0.2) is 0 Å². The lowest BCUT2D eigenvalue weighted by molar-refractivity contribution is 0.192. The minimum Gasteiger partial charge on any atom is -0.391 e. The smallest absolute Gasteiger partial charge is 0.155 e. The third kappa shape index (κ3) is 4.23. The van der Waals surface area contributed by atoms with E-state index in [9.17, 15) is 13.5 Å². The van der Waals surface area contributed by atoms with Crippen LogP contribution in [0.5, 0.6) is 0 Å². The predicted molar refractivity (Wildman–Crippen MR) is 67.7 cm³/mol. The number of aliphatic hydroxyl groups excluding tert-OH is 1. The largest absolute Gasteiger partial charge is 0.391 e. The van der Waals surface area contributed by atoms with E-state index in [1.54, 1.807) is 0 Å². The van der Waals surface area contributed by atoms with Crippen molar-refractivity contribution >= 4 is 9.84 Å². The quantitative estimate of drug-likeness (QED) is 0.744. The van der Waals surface area contributed by atoms with Gasteiger partial charge in [-0.3, -0.25) is 0 Å². The fourth-order valence-corrected chi connectivity index (χ4v) is 4.46. The fraction of sp³-hybridized carbons (Fsp3) is 1.00. The Labute approximate surface area is 104 Å². The minimum atomic E-state index is -3.10. The van der Waals surface area contributed by atoms with Crippen molar-refractivity contribution in [2.24, 2.45) is 0 Å². The van der Waals surface area contributed by atoms with E-state index in [1.165, 1.54) is 0 Å². The van der Waals surface area contributed by atoms with Crippen molar-refractivity contribution in [2.75, 3.05) is 12.3 Å². The van der Waals surface area contributed by atoms with Crippen molar-refractivity contribution in [1.29, 1.82) is 0 Å². The molecular weight excluding hydrogens is 238 g/mol. The highest BCUT2D eigenvalue weighted by molar-refractivity contribution is 7.92. The third-order valence-electron chi connectivity index (χ3n) is 3.70. The molecule has 2 aliphatic carbocycles. The van der Waals surface area contributed by atoms with E-state index < -0.39 is 15.9 Å². The van der Waals surface area contributed by atoms with E-state index >= 15 is 0 Å². The molecule has 1 unspecified atom stereocenters. The van der Waals surface area contributed by atoms with Crippen molar-refractivity contribution < 1.29 is 13.5 Å². The van der Waals surface area contributed by atoms with Gasteiger partial charge in [0.25, 0.3) is 0 Å². The van der Waals surface area contributed by atoms with Crippen LogP contribution in [0.4, 0.5) is 0 Å². The van der Waals surface area contributed by atoms with E-state index in [1.807, 2.05) is 0 Å². The first kappa shape index (κ1) is 13.3. The van der Waals surface area contributed by atoms with Gasteiger partial charge >= 0.3 is 0 Å². The van der Waals surface area contributed by atoms with Gasteiger partial charge in [-0.2, -0.15) is 0 Å². The lowest BCUT2D eigenvalue weighted by Gasteiger charge is -2.23. The van der Waals surface area contributed by atoms with Gasteiger partial charge in [-0.25, -0.2) is 8.42 Å². The Morgan fingerprint density at radius 2 is 1.76 bits per heavy atom. The molecule has 0 spiro atoms. The van der Waals surface area contributed by atoms with Crippen molar-refractivity contribution in [3.05, 3.63) is 0 Å². The summed E-state index contributed by atoms with van der Waals surface area (Å²) >= 11 is 0. The molecule has 2 fully saturated rings. The summed E-state index contributed by atoms with van der Waals surface area (Å²) in [4.78, 5) is 0. The van der Waals surface area contributed by atoms with Crippen molar-refractivity contribution in [1.82, 2.24) is 5.32 Å². The maximum Gasteiger partial charge on any atom is 0.155 e. The van der Waals surface area contributed by atoms with Crippen LogP contribution in [-0.2, 0) is 9.84 Å². The van der Waals surface area contributed by atoms with Gasteiger partial charge in [-0.1, -0.05) is 19.3 Å². The standard InChI is InChI=1S/C12H23NO3S/c14-11(8-13-10-6-7-10)9-17(15,16)12-4-2-1-3-5-12/h10-14H,1-9H2. The van der Waals surface area contributed by atoms with E-state index in [4.69, 9.17) is 0 Å². The monoisotopic (exact) mass is 261 g/mol. The summed E-state index contributed by atoms with van der Waals surface area (Å²) in [6.45, 7) is 0.413. The molecule has 0 heterocycles. The van der Waals surface area contributed by atoms with Crippen LogP contribution < -0.4 is 5.32 Å². The van der Waals surface area contributed by atoms with Crippen molar-refractivity contribution in [2.45, 2.75) is 62.3 Å². The topological polar surface area (TPSA) is 66.4 Å². The first-order valence-corrected chi connectivity index (χ1v) is 8.42. The molecular formula is C12H23NO3S. The number of rotatable bonds is 6. The summed E-state index contributed by atoms with van der Waals surface area (Å²) in [6, 6.07) is 0.516. The Morgan fingerprint density at radius 3 is 2.35 bits per heavy atom. The summed E-state index contributed by atoms with van der Waals surface area (Å²) < 4.78 is 24.1. The molecule has 0 saturated heterocycles. The lowest BCUT2D eigenvalue weighted by Crippen LogP contribution is -2.37. The van der Waals surface area contributed by atoms with E-state index in [0.717, 1.165) is 44.9 Å². The van der Waals surface area contributed by atoms with Crippen LogP contribution in [0.2, 0.25) is 0 Å². The summed E-state index contributed by atoms with van der Waals surface area (Å²) in [5, 5.41) is 12.7. The number of hydrogen-bond donors (Lipinski definition) is 2. The average molecular weight is 261 g/mol. The first-order valence-electron chi connectivity index (χ1n) is 6.71. The summed E-state index contributed by atoms with van der Waals surface area (Å²) in [5.74, 6) is -0.0720. The molecule has 0 aromatic rings. The average Bonchev–Trinajstić information content (AvgIpc) is 3.11. The van der Waals surface area contributed by atoms with Crippen LogP contribution in [0, 0.1) is 0 Å². The van der Waals surface area contributed by atoms with E-state index in [2.05, 4.69) is 5.32 Å². The predicted octanol–water partition coefficient (Wildman–Crippen LogP) is 0.847. The second-order valence-electron chi connectivity index (χ2n) is 5.43. The Morgan fingerprint density at radius 1 is 1.12 bits per heavy atom. The van der Waals surface area contributed by atoms with Crippen molar-refractivity contribution in [3.63, 3.8) is 0 Å². The van der Waals surface area contributed by atoms with Crippen molar-refractivity contribution in [3.8, 4) is 0 Å². The second-order valence-corrected chi connectivity index (χ2v) is 7.75. The van der Waals surface area contributed by atoms with Crippen LogP contribution in [0.3, 0.4) is 0 Å². The van der Waals surface area contributed by atoms with Gasteiger partial charge in [0.05, 0.1) is 17.1 Å². The van der Waals surface area contributed by atoms with Gasteiger partial charge in [0.15, 0.2) is 9.84 Å². The highest BCUT2D eigenvalue weighted by Crippen LogP contribution is 2.24. The molecule has 4 nitrogen and oxygen atoms in total. The Balaban J connectivity index is 1.77. The molecule has 0 radical (unpaired) electrons. The molecule has 0 aromatic heterocycles. The number of nitrogens with one attached hydrogen (secondary N) is 1. The Bertz CT molecular complexity index is 332. The molecule has 2 N–H and O–H groups in total. The summed E-state index contributed by atoms with van der Waals surface area (Å²) in [6.07, 6.45) is 6.31. The maximum atomic E-state index is 12.1. The molecule has 0 amide bonds. The molecule has 2 saturated carbocycles. The maximum absolute atomic E-state index is 12.1. The molecule has 2 aliphatic rings. The molecule has 1 atom stereocenters. The zero-order valence-corrected chi connectivity index (χ0v) is 11.1.